The molecular formula is C22H22ClN7O2S. The number of carbonyl (C=O) groups excluding carboxylic acids is 1. The second-order valence-corrected chi connectivity index (χ2v) is 9.38. The molecule has 5 rings (SSSR count). The number of aryl methyl sites for hydroxylation is 1. The van der Waals surface area contributed by atoms with E-state index in [2.05, 4.69) is 48.4 Å². The fourth-order valence-corrected chi connectivity index (χ4v) is 5.01. The van der Waals surface area contributed by atoms with Gasteiger partial charge in [0, 0.05) is 60.3 Å². The lowest BCUT2D eigenvalue weighted by atomic mass is 10.2. The lowest BCUT2D eigenvalue weighted by Crippen LogP contribution is -2.48. The number of halogens is 1. The molecule has 11 heteroatoms. The van der Waals surface area contributed by atoms with E-state index in [1.54, 1.807) is 11.3 Å². The number of aromatic amines is 1. The summed E-state index contributed by atoms with van der Waals surface area (Å²) in [7, 11) is 0. The van der Waals surface area contributed by atoms with Crippen LogP contribution >= 0.6 is 22.9 Å². The van der Waals surface area contributed by atoms with Gasteiger partial charge in [0.15, 0.2) is 5.82 Å². The molecule has 0 aliphatic carbocycles. The summed E-state index contributed by atoms with van der Waals surface area (Å²) in [6.07, 6.45) is 2.12. The van der Waals surface area contributed by atoms with E-state index >= 15 is 0 Å². The molecule has 33 heavy (non-hydrogen) atoms. The van der Waals surface area contributed by atoms with Gasteiger partial charge in [-0.15, -0.1) is 11.3 Å². The third-order valence-corrected chi connectivity index (χ3v) is 6.88. The summed E-state index contributed by atoms with van der Waals surface area (Å²) >= 11 is 7.91. The standard InChI is InChI=1S/C22H22ClN7O2S/c23-16-3-1-2-15(12-16)18-5-4-17(33-18)13-29-8-10-30(11-9-29)20(31)7-6-19-26-22(28-32-19)21-24-14-25-27-21/h1-5,12,14H,6-11,13H2,(H,24,25,27). The minimum Gasteiger partial charge on any atom is -0.340 e. The molecule has 1 aliphatic heterocycles. The fourth-order valence-electron chi connectivity index (χ4n) is 3.77. The highest BCUT2D eigenvalue weighted by Crippen LogP contribution is 2.30. The number of hydrogen-bond donors (Lipinski definition) is 1. The highest BCUT2D eigenvalue weighted by atomic mass is 35.5. The normalized spacial score (nSPS) is 14.6. The Kier molecular flexibility index (Phi) is 6.47. The lowest BCUT2D eigenvalue weighted by Gasteiger charge is -2.34. The quantitative estimate of drug-likeness (QED) is 0.429. The Morgan fingerprint density at radius 1 is 1.18 bits per heavy atom. The minimum absolute atomic E-state index is 0.105. The van der Waals surface area contributed by atoms with E-state index in [1.165, 1.54) is 16.1 Å². The lowest BCUT2D eigenvalue weighted by molar-refractivity contribution is -0.133. The van der Waals surface area contributed by atoms with Gasteiger partial charge in [0.1, 0.15) is 6.33 Å². The Morgan fingerprint density at radius 2 is 2.06 bits per heavy atom. The SMILES string of the molecule is O=C(CCc1nc(-c2ncn[nH]2)no1)N1CCN(Cc2ccc(-c3cccc(Cl)c3)s2)CC1. The van der Waals surface area contributed by atoms with E-state index in [4.69, 9.17) is 16.1 Å². The highest BCUT2D eigenvalue weighted by Gasteiger charge is 2.22. The molecular weight excluding hydrogens is 462 g/mol. The molecule has 1 aliphatic rings. The van der Waals surface area contributed by atoms with Crippen LogP contribution in [0.25, 0.3) is 22.1 Å². The van der Waals surface area contributed by atoms with Crippen LogP contribution < -0.4 is 0 Å². The summed E-state index contributed by atoms with van der Waals surface area (Å²) in [5.74, 6) is 1.31. The van der Waals surface area contributed by atoms with E-state index in [9.17, 15) is 4.79 Å². The summed E-state index contributed by atoms with van der Waals surface area (Å²) < 4.78 is 5.22. The van der Waals surface area contributed by atoms with E-state index in [0.29, 0.717) is 30.4 Å². The number of thiophene rings is 1. The van der Waals surface area contributed by atoms with E-state index in [1.807, 2.05) is 23.1 Å². The van der Waals surface area contributed by atoms with E-state index in [-0.39, 0.29) is 5.91 Å². The predicted octanol–water partition coefficient (Wildman–Crippen LogP) is 3.51. The van der Waals surface area contributed by atoms with Gasteiger partial charge in [-0.05, 0) is 29.8 Å². The summed E-state index contributed by atoms with van der Waals surface area (Å²) in [5.41, 5.74) is 1.14. The summed E-state index contributed by atoms with van der Waals surface area (Å²) in [4.78, 5) is 27.7. The van der Waals surface area contributed by atoms with Crippen LogP contribution in [0.3, 0.4) is 0 Å². The van der Waals surface area contributed by atoms with Gasteiger partial charge in [0.05, 0.1) is 0 Å². The molecule has 1 N–H and O–H groups in total. The zero-order chi connectivity index (χ0) is 22.6. The number of H-pyrrole nitrogens is 1. The molecule has 0 radical (unpaired) electrons. The first-order valence-electron chi connectivity index (χ1n) is 10.7. The monoisotopic (exact) mass is 483 g/mol. The molecule has 0 unspecified atom stereocenters. The molecule has 1 saturated heterocycles. The Morgan fingerprint density at radius 3 is 2.85 bits per heavy atom. The predicted molar refractivity (Wildman–Crippen MR) is 125 cm³/mol. The van der Waals surface area contributed by atoms with Gasteiger partial charge < -0.3 is 9.42 Å². The summed E-state index contributed by atoms with van der Waals surface area (Å²) in [5, 5.41) is 11.1. The number of nitrogens with one attached hydrogen (secondary N) is 1. The third-order valence-electron chi connectivity index (χ3n) is 5.52. The zero-order valence-corrected chi connectivity index (χ0v) is 19.3. The second kappa shape index (κ2) is 9.82. The van der Waals surface area contributed by atoms with E-state index in [0.717, 1.165) is 43.3 Å². The van der Waals surface area contributed by atoms with Gasteiger partial charge in [-0.3, -0.25) is 14.8 Å². The summed E-state index contributed by atoms with van der Waals surface area (Å²) in [6.45, 7) is 4.04. The van der Waals surface area contributed by atoms with Crippen LogP contribution in [0.15, 0.2) is 47.2 Å². The number of piperazine rings is 1. The molecule has 9 nitrogen and oxygen atoms in total. The largest absolute Gasteiger partial charge is 0.340 e. The number of rotatable bonds is 7. The molecule has 4 aromatic rings. The Hall–Kier alpha value is -3.08. The van der Waals surface area contributed by atoms with Gasteiger partial charge in [-0.2, -0.15) is 10.1 Å². The van der Waals surface area contributed by atoms with Gasteiger partial charge in [0.25, 0.3) is 0 Å². The Bertz CT molecular complexity index is 1220. The highest BCUT2D eigenvalue weighted by molar-refractivity contribution is 7.15. The fraction of sp³-hybridized carbons (Fsp3) is 0.318. The smallest absolute Gasteiger partial charge is 0.239 e. The van der Waals surface area contributed by atoms with Crippen molar-refractivity contribution in [3.8, 4) is 22.1 Å². The molecule has 3 aromatic heterocycles. The molecule has 0 bridgehead atoms. The topological polar surface area (TPSA) is 104 Å². The number of hydrogen-bond acceptors (Lipinski definition) is 8. The van der Waals surface area contributed by atoms with Crippen molar-refractivity contribution >= 4 is 28.8 Å². The van der Waals surface area contributed by atoms with Gasteiger partial charge in [-0.1, -0.05) is 28.9 Å². The molecule has 170 valence electrons. The first kappa shape index (κ1) is 21.7. The molecule has 1 amide bonds. The van der Waals surface area contributed by atoms with Gasteiger partial charge >= 0.3 is 0 Å². The third kappa shape index (κ3) is 5.29. The molecule has 1 aromatic carbocycles. The van der Waals surface area contributed by atoms with Crippen molar-refractivity contribution in [2.24, 2.45) is 0 Å². The van der Waals surface area contributed by atoms with Crippen LogP contribution in [0.4, 0.5) is 0 Å². The number of amides is 1. The summed E-state index contributed by atoms with van der Waals surface area (Å²) in [6, 6.07) is 12.3. The average Bonchev–Trinajstić information content (AvgIpc) is 3.60. The van der Waals surface area contributed by atoms with Gasteiger partial charge in [0.2, 0.25) is 17.6 Å². The van der Waals surface area contributed by atoms with Crippen LogP contribution in [0, 0.1) is 0 Å². The minimum atomic E-state index is 0.105. The molecule has 0 atom stereocenters. The first-order valence-corrected chi connectivity index (χ1v) is 11.9. The van der Waals surface area contributed by atoms with Crippen molar-refractivity contribution in [2.75, 3.05) is 26.2 Å². The maximum Gasteiger partial charge on any atom is 0.239 e. The van der Waals surface area contributed by atoms with Crippen LogP contribution in [0.1, 0.15) is 17.2 Å². The zero-order valence-electron chi connectivity index (χ0n) is 17.8. The molecule has 0 saturated carbocycles. The number of benzene rings is 1. The maximum absolute atomic E-state index is 12.6. The maximum atomic E-state index is 12.6. The van der Waals surface area contributed by atoms with Crippen LogP contribution in [-0.2, 0) is 17.8 Å². The van der Waals surface area contributed by atoms with E-state index < -0.39 is 0 Å². The van der Waals surface area contributed by atoms with Crippen LogP contribution in [0.2, 0.25) is 5.02 Å². The molecule has 1 fully saturated rings. The van der Waals surface area contributed by atoms with Crippen molar-refractivity contribution in [1.82, 2.24) is 35.1 Å². The van der Waals surface area contributed by atoms with Crippen molar-refractivity contribution < 1.29 is 9.32 Å². The number of aromatic nitrogens is 5. The Balaban J connectivity index is 1.08. The molecule has 0 spiro atoms. The van der Waals surface area contributed by atoms with Crippen molar-refractivity contribution in [1.29, 1.82) is 0 Å². The Labute approximate surface area is 199 Å². The van der Waals surface area contributed by atoms with Crippen LogP contribution in [0.5, 0.6) is 0 Å². The second-order valence-electron chi connectivity index (χ2n) is 7.78. The first-order chi connectivity index (χ1) is 16.1. The molecule has 4 heterocycles. The average molecular weight is 484 g/mol. The van der Waals surface area contributed by atoms with Crippen molar-refractivity contribution in [3.63, 3.8) is 0 Å². The van der Waals surface area contributed by atoms with Crippen molar-refractivity contribution in [2.45, 2.75) is 19.4 Å². The van der Waals surface area contributed by atoms with Gasteiger partial charge in [-0.25, -0.2) is 4.98 Å². The number of nitrogens with zero attached hydrogens (tertiary/aromatic N) is 6. The van der Waals surface area contributed by atoms with Crippen molar-refractivity contribution in [3.05, 3.63) is 58.5 Å². The number of carbonyl (C=O) groups is 1. The van der Waals surface area contributed by atoms with Crippen LogP contribution in [-0.4, -0.2) is 67.2 Å².